The van der Waals surface area contributed by atoms with E-state index in [9.17, 15) is 9.18 Å². The molecule has 0 fully saturated rings. The van der Waals surface area contributed by atoms with Crippen molar-refractivity contribution in [3.63, 3.8) is 0 Å². The van der Waals surface area contributed by atoms with Crippen LogP contribution in [0.2, 0.25) is 5.02 Å². The maximum atomic E-state index is 13.1. The summed E-state index contributed by atoms with van der Waals surface area (Å²) in [6.45, 7) is -0.356. The summed E-state index contributed by atoms with van der Waals surface area (Å²) >= 11 is 5.84. The molecule has 0 aliphatic carbocycles. The second-order valence-electron chi connectivity index (χ2n) is 4.69. The number of nitrogens with zero attached hydrogens (tertiary/aromatic N) is 5. The second kappa shape index (κ2) is 7.22. The third-order valence-corrected chi connectivity index (χ3v) is 3.24. The standard InChI is InChI=1S/C15H11ClFN5O3/c1-24-13(23)8-25-15-20-14(11-4-3-10(17)7-18-11)22(21-15)12-5-2-9(16)6-19-12/h2-7H,8H2,1H3. The summed E-state index contributed by atoms with van der Waals surface area (Å²) in [6.07, 6.45) is 2.49. The smallest absolute Gasteiger partial charge is 0.344 e. The van der Waals surface area contributed by atoms with Gasteiger partial charge < -0.3 is 9.47 Å². The van der Waals surface area contributed by atoms with Crippen molar-refractivity contribution in [3.05, 3.63) is 47.5 Å². The monoisotopic (exact) mass is 363 g/mol. The van der Waals surface area contributed by atoms with E-state index in [0.717, 1.165) is 6.20 Å². The van der Waals surface area contributed by atoms with Gasteiger partial charge in [-0.3, -0.25) is 0 Å². The molecule has 0 aliphatic rings. The Balaban J connectivity index is 2.01. The number of carbonyl (C=O) groups excluding carboxylic acids is 1. The van der Waals surface area contributed by atoms with Crippen LogP contribution < -0.4 is 4.74 Å². The number of rotatable bonds is 5. The van der Waals surface area contributed by atoms with Gasteiger partial charge in [-0.05, 0) is 24.3 Å². The van der Waals surface area contributed by atoms with E-state index in [1.807, 2.05) is 0 Å². The highest BCUT2D eigenvalue weighted by Crippen LogP contribution is 2.22. The molecule has 25 heavy (non-hydrogen) atoms. The van der Waals surface area contributed by atoms with Gasteiger partial charge in [0, 0.05) is 6.20 Å². The van der Waals surface area contributed by atoms with Crippen molar-refractivity contribution in [2.24, 2.45) is 0 Å². The zero-order valence-corrected chi connectivity index (χ0v) is 13.6. The van der Waals surface area contributed by atoms with Crippen LogP contribution in [0.5, 0.6) is 6.01 Å². The normalized spacial score (nSPS) is 10.5. The second-order valence-corrected chi connectivity index (χ2v) is 5.13. The van der Waals surface area contributed by atoms with Crippen molar-refractivity contribution in [2.75, 3.05) is 13.7 Å². The summed E-state index contributed by atoms with van der Waals surface area (Å²) in [6, 6.07) is 5.85. The van der Waals surface area contributed by atoms with Crippen molar-refractivity contribution < 1.29 is 18.7 Å². The fourth-order valence-electron chi connectivity index (χ4n) is 1.86. The summed E-state index contributed by atoms with van der Waals surface area (Å²) in [5.74, 6) is -0.412. The number of hydrogen-bond donors (Lipinski definition) is 0. The molecular weight excluding hydrogens is 353 g/mol. The summed E-state index contributed by atoms with van der Waals surface area (Å²) in [5.41, 5.74) is 0.346. The van der Waals surface area contributed by atoms with Crippen LogP contribution in [0.25, 0.3) is 17.3 Å². The lowest BCUT2D eigenvalue weighted by atomic mass is 10.3. The Hall–Kier alpha value is -3.07. The number of carbonyl (C=O) groups is 1. The van der Waals surface area contributed by atoms with Gasteiger partial charge in [0.25, 0.3) is 0 Å². The largest absolute Gasteiger partial charge is 0.466 e. The van der Waals surface area contributed by atoms with Crippen LogP contribution in [0.3, 0.4) is 0 Å². The van der Waals surface area contributed by atoms with E-state index in [0.29, 0.717) is 16.5 Å². The number of halogens is 2. The molecule has 3 heterocycles. The lowest BCUT2D eigenvalue weighted by Gasteiger charge is -2.04. The maximum absolute atomic E-state index is 13.1. The molecule has 3 aromatic rings. The van der Waals surface area contributed by atoms with Crippen LogP contribution in [0.15, 0.2) is 36.7 Å². The average Bonchev–Trinajstić information content (AvgIpc) is 3.05. The first-order valence-electron chi connectivity index (χ1n) is 6.97. The van der Waals surface area contributed by atoms with E-state index in [2.05, 4.69) is 24.8 Å². The molecule has 0 saturated carbocycles. The van der Waals surface area contributed by atoms with Crippen molar-refractivity contribution in [3.8, 4) is 23.3 Å². The van der Waals surface area contributed by atoms with E-state index in [1.54, 1.807) is 12.1 Å². The molecule has 0 spiro atoms. The molecule has 10 heteroatoms. The van der Waals surface area contributed by atoms with Crippen molar-refractivity contribution in [1.29, 1.82) is 0 Å². The Morgan fingerprint density at radius 3 is 2.72 bits per heavy atom. The number of hydrogen-bond acceptors (Lipinski definition) is 7. The highest BCUT2D eigenvalue weighted by molar-refractivity contribution is 6.30. The van der Waals surface area contributed by atoms with Crippen LogP contribution in [0, 0.1) is 5.82 Å². The molecule has 0 unspecified atom stereocenters. The number of pyridine rings is 2. The van der Waals surface area contributed by atoms with Crippen molar-refractivity contribution >= 4 is 17.6 Å². The van der Waals surface area contributed by atoms with Gasteiger partial charge in [0.2, 0.25) is 0 Å². The Kier molecular flexibility index (Phi) is 4.85. The number of ether oxygens (including phenoxy) is 2. The molecule has 0 N–H and O–H groups in total. The Labute approximate surface area is 146 Å². The minimum Gasteiger partial charge on any atom is -0.466 e. The van der Waals surface area contributed by atoms with E-state index < -0.39 is 11.8 Å². The maximum Gasteiger partial charge on any atom is 0.344 e. The zero-order valence-electron chi connectivity index (χ0n) is 12.9. The third kappa shape index (κ3) is 3.89. The Morgan fingerprint density at radius 1 is 1.24 bits per heavy atom. The molecule has 8 nitrogen and oxygen atoms in total. The third-order valence-electron chi connectivity index (χ3n) is 3.02. The molecule has 3 aromatic heterocycles. The Bertz CT molecular complexity index is 820. The number of aromatic nitrogens is 5. The molecule has 0 radical (unpaired) electrons. The van der Waals surface area contributed by atoms with Crippen LogP contribution >= 0.6 is 11.6 Å². The highest BCUT2D eigenvalue weighted by Gasteiger charge is 2.17. The van der Waals surface area contributed by atoms with Crippen molar-refractivity contribution in [2.45, 2.75) is 0 Å². The van der Waals surface area contributed by atoms with E-state index in [1.165, 1.54) is 30.1 Å². The first-order chi connectivity index (χ1) is 12.1. The van der Waals surface area contributed by atoms with Crippen LogP contribution in [0.4, 0.5) is 4.39 Å². The minimum absolute atomic E-state index is 0.0803. The summed E-state index contributed by atoms with van der Waals surface area (Å²) in [4.78, 5) is 23.5. The molecule has 0 aromatic carbocycles. The molecule has 128 valence electrons. The van der Waals surface area contributed by atoms with Gasteiger partial charge in [-0.25, -0.2) is 19.2 Å². The lowest BCUT2D eigenvalue weighted by Crippen LogP contribution is -2.13. The average molecular weight is 364 g/mol. The summed E-state index contributed by atoms with van der Waals surface area (Å²) < 4.78 is 24.2. The van der Waals surface area contributed by atoms with Crippen LogP contribution in [0.1, 0.15) is 0 Å². The van der Waals surface area contributed by atoms with Gasteiger partial charge in [-0.2, -0.15) is 9.67 Å². The van der Waals surface area contributed by atoms with Gasteiger partial charge in [0.05, 0.1) is 18.3 Å². The zero-order chi connectivity index (χ0) is 17.8. The van der Waals surface area contributed by atoms with Crippen molar-refractivity contribution in [1.82, 2.24) is 24.7 Å². The molecule has 3 rings (SSSR count). The summed E-state index contributed by atoms with van der Waals surface area (Å²) in [5, 5.41) is 4.60. The highest BCUT2D eigenvalue weighted by atomic mass is 35.5. The summed E-state index contributed by atoms with van der Waals surface area (Å²) in [7, 11) is 1.24. The van der Waals surface area contributed by atoms with Crippen LogP contribution in [-0.2, 0) is 9.53 Å². The first-order valence-corrected chi connectivity index (χ1v) is 7.35. The molecule has 0 saturated heterocycles. The number of methoxy groups -OCH3 is 1. The predicted octanol–water partition coefficient (Wildman–Crippen LogP) is 2.07. The Morgan fingerprint density at radius 2 is 2.08 bits per heavy atom. The molecule has 0 atom stereocenters. The topological polar surface area (TPSA) is 92.0 Å². The number of esters is 1. The van der Waals surface area contributed by atoms with Crippen LogP contribution in [-0.4, -0.2) is 44.4 Å². The van der Waals surface area contributed by atoms with E-state index >= 15 is 0 Å². The van der Waals surface area contributed by atoms with E-state index in [4.69, 9.17) is 16.3 Å². The molecular formula is C15H11ClFN5O3. The SMILES string of the molecule is COC(=O)COc1nc(-c2ccc(F)cn2)n(-c2ccc(Cl)cn2)n1. The lowest BCUT2D eigenvalue weighted by molar-refractivity contribution is -0.143. The van der Waals surface area contributed by atoms with Gasteiger partial charge in [0.15, 0.2) is 18.2 Å². The molecule has 0 aliphatic heterocycles. The molecule has 0 amide bonds. The molecule has 0 bridgehead atoms. The fraction of sp³-hybridized carbons (Fsp3) is 0.133. The quantitative estimate of drug-likeness (QED) is 0.641. The van der Waals surface area contributed by atoms with Gasteiger partial charge in [-0.15, -0.1) is 5.10 Å². The van der Waals surface area contributed by atoms with Gasteiger partial charge >= 0.3 is 12.0 Å². The van der Waals surface area contributed by atoms with E-state index in [-0.39, 0.29) is 18.4 Å². The van der Waals surface area contributed by atoms with Gasteiger partial charge in [0.1, 0.15) is 11.5 Å². The first kappa shape index (κ1) is 16.8. The fourth-order valence-corrected chi connectivity index (χ4v) is 1.98. The van der Waals surface area contributed by atoms with Gasteiger partial charge in [-0.1, -0.05) is 11.6 Å². The predicted molar refractivity (Wildman–Crippen MR) is 84.9 cm³/mol. The minimum atomic E-state index is -0.581.